The fourth-order valence-electron chi connectivity index (χ4n) is 1.85. The van der Waals surface area contributed by atoms with E-state index in [4.69, 9.17) is 9.47 Å². The van der Waals surface area contributed by atoms with Crippen molar-refractivity contribution in [2.75, 3.05) is 0 Å². The van der Waals surface area contributed by atoms with Crippen LogP contribution in [-0.2, 0) is 23.9 Å². The number of aliphatic carboxylic acids is 1. The number of hydrogen-bond donors (Lipinski definition) is 1. The smallest absolute Gasteiger partial charge is 0.349 e. The minimum absolute atomic E-state index is 0.255. The molecule has 0 fully saturated rings. The van der Waals surface area contributed by atoms with E-state index in [2.05, 4.69) is 4.98 Å². The number of hydrogen-bond acceptors (Lipinski definition) is 7. The number of esters is 2. The summed E-state index contributed by atoms with van der Waals surface area (Å²) in [5.41, 5.74) is 0.645. The number of fused-ring (bicyclic) bond motifs is 1. The molecule has 0 saturated heterocycles. The number of benzene rings is 1. The molecule has 0 spiro atoms. The van der Waals surface area contributed by atoms with Crippen molar-refractivity contribution in [2.45, 2.75) is 26.1 Å². The van der Waals surface area contributed by atoms with Crippen LogP contribution in [0.25, 0.3) is 10.2 Å². The van der Waals surface area contributed by atoms with E-state index in [1.54, 1.807) is 12.1 Å². The lowest BCUT2D eigenvalue weighted by molar-refractivity contribution is -0.178. The van der Waals surface area contributed by atoms with Crippen molar-refractivity contribution >= 4 is 39.5 Å². The van der Waals surface area contributed by atoms with Crippen molar-refractivity contribution in [3.8, 4) is 0 Å². The molecule has 0 bridgehead atoms. The third-order valence-electron chi connectivity index (χ3n) is 2.66. The predicted octanol–water partition coefficient (Wildman–Crippen LogP) is 1.92. The second-order valence-corrected chi connectivity index (χ2v) is 5.48. The van der Waals surface area contributed by atoms with Crippen LogP contribution >= 0.6 is 11.3 Å². The van der Waals surface area contributed by atoms with Crippen molar-refractivity contribution in [3.63, 3.8) is 0 Å². The molecule has 2 aromatic rings. The van der Waals surface area contributed by atoms with Gasteiger partial charge in [0, 0.05) is 13.8 Å². The van der Waals surface area contributed by atoms with Crippen molar-refractivity contribution < 1.29 is 29.0 Å². The summed E-state index contributed by atoms with van der Waals surface area (Å²) in [6.45, 7) is 2.23. The minimum Gasteiger partial charge on any atom is -0.478 e. The maximum absolute atomic E-state index is 11.4. The first-order valence-electron chi connectivity index (χ1n) is 6.31. The van der Waals surface area contributed by atoms with Crippen LogP contribution < -0.4 is 0 Å². The summed E-state index contributed by atoms with van der Waals surface area (Å²) in [5.74, 6) is -2.89. The molecule has 2 atom stereocenters. The molecule has 1 N–H and O–H groups in total. The molecule has 7 nitrogen and oxygen atoms in total. The fourth-order valence-corrected chi connectivity index (χ4v) is 2.87. The Morgan fingerprint density at radius 3 is 2.32 bits per heavy atom. The Hall–Kier alpha value is -2.48. The van der Waals surface area contributed by atoms with Gasteiger partial charge in [-0.3, -0.25) is 9.59 Å². The van der Waals surface area contributed by atoms with Crippen LogP contribution in [-0.4, -0.2) is 34.1 Å². The van der Waals surface area contributed by atoms with Gasteiger partial charge in [-0.1, -0.05) is 12.1 Å². The molecule has 0 aliphatic heterocycles. The fraction of sp³-hybridized carbons (Fsp3) is 0.286. The van der Waals surface area contributed by atoms with Gasteiger partial charge in [0.1, 0.15) is 5.01 Å². The van der Waals surface area contributed by atoms with Gasteiger partial charge in [-0.15, -0.1) is 11.3 Å². The average Bonchev–Trinajstić information content (AvgIpc) is 2.85. The maximum atomic E-state index is 11.4. The van der Waals surface area contributed by atoms with Crippen molar-refractivity contribution in [2.24, 2.45) is 0 Å². The lowest BCUT2D eigenvalue weighted by Crippen LogP contribution is -2.34. The average molecular weight is 323 g/mol. The van der Waals surface area contributed by atoms with Gasteiger partial charge in [0.05, 0.1) is 10.2 Å². The van der Waals surface area contributed by atoms with Crippen LogP contribution in [0.2, 0.25) is 0 Å². The summed E-state index contributed by atoms with van der Waals surface area (Å²) in [7, 11) is 0. The standard InChI is InChI=1S/C14H13NO6S/c1-7(16)20-11(12(14(18)19)21-8(2)17)13-15-9-5-3-4-6-10(9)22-13/h3-6,11-12H,1-2H3,(H,18,19)/t11-,12+/m1/s1. The quantitative estimate of drug-likeness (QED) is 0.838. The Kier molecular flexibility index (Phi) is 4.71. The first kappa shape index (κ1) is 15.9. The molecule has 0 aliphatic carbocycles. The number of carboxylic acids is 1. The van der Waals surface area contributed by atoms with E-state index in [1.807, 2.05) is 12.1 Å². The van der Waals surface area contributed by atoms with Gasteiger partial charge >= 0.3 is 17.9 Å². The van der Waals surface area contributed by atoms with Crippen LogP contribution in [0.3, 0.4) is 0 Å². The van der Waals surface area contributed by atoms with Gasteiger partial charge in [-0.2, -0.15) is 0 Å². The zero-order chi connectivity index (χ0) is 16.3. The highest BCUT2D eigenvalue weighted by molar-refractivity contribution is 7.18. The molecule has 0 radical (unpaired) electrons. The van der Waals surface area contributed by atoms with Crippen LogP contribution in [0, 0.1) is 0 Å². The number of aromatic nitrogens is 1. The van der Waals surface area contributed by atoms with E-state index >= 15 is 0 Å². The first-order chi connectivity index (χ1) is 10.4. The number of ether oxygens (including phenoxy) is 2. The molecule has 0 saturated carbocycles. The molecular weight excluding hydrogens is 310 g/mol. The summed E-state index contributed by atoms with van der Waals surface area (Å²) in [4.78, 5) is 38.0. The van der Waals surface area contributed by atoms with E-state index in [9.17, 15) is 19.5 Å². The lowest BCUT2D eigenvalue weighted by atomic mass is 10.2. The molecule has 22 heavy (non-hydrogen) atoms. The third-order valence-corrected chi connectivity index (χ3v) is 3.76. The monoisotopic (exact) mass is 323 g/mol. The molecule has 0 unspecified atom stereocenters. The Balaban J connectivity index is 2.45. The topological polar surface area (TPSA) is 103 Å². The number of nitrogens with zero attached hydrogens (tertiary/aromatic N) is 1. The Morgan fingerprint density at radius 2 is 1.77 bits per heavy atom. The van der Waals surface area contributed by atoms with Gasteiger partial charge in [0.25, 0.3) is 0 Å². The van der Waals surface area contributed by atoms with E-state index in [0.29, 0.717) is 5.52 Å². The molecule has 1 aromatic heterocycles. The Bertz CT molecular complexity index is 692. The number of carbonyl (C=O) groups is 3. The number of para-hydroxylation sites is 1. The van der Waals surface area contributed by atoms with Crippen LogP contribution in [0.4, 0.5) is 0 Å². The molecule has 8 heteroatoms. The molecule has 0 aliphatic rings. The van der Waals surface area contributed by atoms with E-state index < -0.39 is 30.1 Å². The summed E-state index contributed by atoms with van der Waals surface area (Å²) in [6, 6.07) is 7.16. The van der Waals surface area contributed by atoms with Gasteiger partial charge in [0.15, 0.2) is 0 Å². The molecule has 1 aromatic carbocycles. The zero-order valence-corrected chi connectivity index (χ0v) is 12.6. The molecule has 1 heterocycles. The summed E-state index contributed by atoms with van der Waals surface area (Å²) in [6.07, 6.45) is -2.95. The normalized spacial score (nSPS) is 13.4. The first-order valence-corrected chi connectivity index (χ1v) is 7.13. The van der Waals surface area contributed by atoms with E-state index in [1.165, 1.54) is 11.3 Å². The summed E-state index contributed by atoms with van der Waals surface area (Å²) < 4.78 is 10.6. The lowest BCUT2D eigenvalue weighted by Gasteiger charge is -2.21. The van der Waals surface area contributed by atoms with Gasteiger partial charge < -0.3 is 14.6 Å². The number of rotatable bonds is 5. The minimum atomic E-state index is -1.65. The van der Waals surface area contributed by atoms with Gasteiger partial charge in [0.2, 0.25) is 12.2 Å². The van der Waals surface area contributed by atoms with E-state index in [-0.39, 0.29) is 5.01 Å². The Morgan fingerprint density at radius 1 is 1.14 bits per heavy atom. The number of carboxylic acid groups (broad SMARTS) is 1. The van der Waals surface area contributed by atoms with E-state index in [0.717, 1.165) is 18.5 Å². The van der Waals surface area contributed by atoms with Crippen molar-refractivity contribution in [1.82, 2.24) is 4.98 Å². The second kappa shape index (κ2) is 6.52. The van der Waals surface area contributed by atoms with Crippen LogP contribution in [0.5, 0.6) is 0 Å². The molecule has 116 valence electrons. The maximum Gasteiger partial charge on any atom is 0.349 e. The SMILES string of the molecule is CC(=O)O[C@H](C(=O)O)[C@@H](OC(C)=O)c1nc2ccccc2s1. The van der Waals surface area contributed by atoms with Crippen molar-refractivity contribution in [1.29, 1.82) is 0 Å². The summed E-state index contributed by atoms with van der Waals surface area (Å²) >= 11 is 1.18. The van der Waals surface area contributed by atoms with Gasteiger partial charge in [-0.05, 0) is 12.1 Å². The highest BCUT2D eigenvalue weighted by atomic mass is 32.1. The highest BCUT2D eigenvalue weighted by Crippen LogP contribution is 2.31. The zero-order valence-electron chi connectivity index (χ0n) is 11.8. The summed E-state index contributed by atoms with van der Waals surface area (Å²) in [5, 5.41) is 9.50. The molecule has 0 amide bonds. The number of thiazole rings is 1. The molecular formula is C14H13NO6S. The Labute approximate surface area is 129 Å². The predicted molar refractivity (Wildman–Crippen MR) is 77.3 cm³/mol. The van der Waals surface area contributed by atoms with Gasteiger partial charge in [-0.25, -0.2) is 9.78 Å². The highest BCUT2D eigenvalue weighted by Gasteiger charge is 2.37. The molecule has 2 rings (SSSR count). The van der Waals surface area contributed by atoms with Crippen LogP contribution in [0.15, 0.2) is 24.3 Å². The second-order valence-electron chi connectivity index (χ2n) is 4.42. The van der Waals surface area contributed by atoms with Crippen molar-refractivity contribution in [3.05, 3.63) is 29.3 Å². The third kappa shape index (κ3) is 3.59. The van der Waals surface area contributed by atoms with Crippen LogP contribution in [0.1, 0.15) is 25.0 Å². The number of carbonyl (C=O) groups excluding carboxylic acids is 2. The largest absolute Gasteiger partial charge is 0.478 e.